The molecule has 2 aromatic rings. The molecule has 4 fully saturated rings. The van der Waals surface area contributed by atoms with Crippen molar-refractivity contribution in [3.05, 3.63) is 45.5 Å². The van der Waals surface area contributed by atoms with Crippen LogP contribution in [0.1, 0.15) is 170 Å². The third kappa shape index (κ3) is 14.1. The molecular weight excluding hydrogens is 1100 g/mol. The number of allylic oxidation sites excluding steroid dienone is 4. The second-order valence-electron chi connectivity index (χ2n) is 26.1. The van der Waals surface area contributed by atoms with Gasteiger partial charge in [0.05, 0.1) is 16.3 Å². The number of carboxylic acid groups (broad SMARTS) is 2. The van der Waals surface area contributed by atoms with Gasteiger partial charge in [-0.15, -0.1) is 23.1 Å². The van der Waals surface area contributed by atoms with Crippen molar-refractivity contribution in [2.45, 2.75) is 183 Å². The zero-order valence-electron chi connectivity index (χ0n) is 50.1. The summed E-state index contributed by atoms with van der Waals surface area (Å²) in [5, 5.41) is 36.7. The number of fused-ring (bicyclic) bond motifs is 6. The molecular formula is C63H88N6O12S2. The highest BCUT2D eigenvalue weighted by atomic mass is 32.2. The van der Waals surface area contributed by atoms with Gasteiger partial charge in [-0.05, 0) is 169 Å². The summed E-state index contributed by atoms with van der Waals surface area (Å²) in [5.74, 6) is 0.795. The lowest BCUT2D eigenvalue weighted by Crippen LogP contribution is -2.54. The van der Waals surface area contributed by atoms with Gasteiger partial charge in [-0.2, -0.15) is 0 Å². The lowest BCUT2D eigenvalue weighted by Gasteiger charge is -2.61. The number of thioether (sulfide) groups is 1. The maximum atomic E-state index is 14.0. The molecule has 4 amide bonds. The van der Waals surface area contributed by atoms with Crippen molar-refractivity contribution in [3.63, 3.8) is 0 Å². The van der Waals surface area contributed by atoms with Crippen molar-refractivity contribution in [2.24, 2.45) is 56.7 Å². The zero-order valence-corrected chi connectivity index (χ0v) is 51.7. The van der Waals surface area contributed by atoms with Crippen molar-refractivity contribution < 1.29 is 58.4 Å². The van der Waals surface area contributed by atoms with E-state index in [1.54, 1.807) is 59.9 Å². The summed E-state index contributed by atoms with van der Waals surface area (Å²) in [6.45, 7) is 16.2. The predicted octanol–water partition coefficient (Wildman–Crippen LogP) is 9.80. The molecule has 11 atom stereocenters. The van der Waals surface area contributed by atoms with Gasteiger partial charge in [0.2, 0.25) is 17.7 Å². The van der Waals surface area contributed by atoms with E-state index >= 15 is 0 Å². The number of aromatic nitrogens is 1. The summed E-state index contributed by atoms with van der Waals surface area (Å²) in [4.78, 5) is 116. The van der Waals surface area contributed by atoms with E-state index in [1.165, 1.54) is 71.4 Å². The fourth-order valence-corrected chi connectivity index (χ4v) is 17.6. The van der Waals surface area contributed by atoms with E-state index in [-0.39, 0.29) is 105 Å². The summed E-state index contributed by atoms with van der Waals surface area (Å²) in [7, 11) is 1.60. The van der Waals surface area contributed by atoms with Crippen LogP contribution in [-0.2, 0) is 33.6 Å². The molecule has 1 aliphatic heterocycles. The number of ether oxygens (including phenoxy) is 1. The van der Waals surface area contributed by atoms with Crippen LogP contribution in [0.15, 0.2) is 45.5 Å². The lowest BCUT2D eigenvalue weighted by molar-refractivity contribution is -0.142. The number of Topliss-reactive ketones (excluding diaryl/α,β-unsaturated/α-hetero) is 2. The van der Waals surface area contributed by atoms with Crippen LogP contribution in [0.2, 0.25) is 0 Å². The quantitative estimate of drug-likeness (QED) is 0.0484. The van der Waals surface area contributed by atoms with Crippen molar-refractivity contribution in [1.82, 2.24) is 25.4 Å². The molecule has 6 aliphatic rings. The molecule has 20 heteroatoms. The Morgan fingerprint density at radius 2 is 1.57 bits per heavy atom. The van der Waals surface area contributed by atoms with Gasteiger partial charge in [0.25, 0.3) is 0 Å². The summed E-state index contributed by atoms with van der Waals surface area (Å²) >= 11 is 2.61. The van der Waals surface area contributed by atoms with Crippen molar-refractivity contribution >= 4 is 85.7 Å². The number of hydrogen-bond acceptors (Lipinski definition) is 14. The second-order valence-corrected chi connectivity index (χ2v) is 28.2. The smallest absolute Gasteiger partial charge is 0.415 e. The number of benzene rings is 1. The molecule has 8 rings (SSSR count). The minimum Gasteiger partial charge on any atom is -0.480 e. The van der Waals surface area contributed by atoms with Crippen molar-refractivity contribution in [3.8, 4) is 5.75 Å². The number of amides is 4. The number of likely N-dealkylation sites (N-methyl/N-ethyl adjacent to an activating group) is 1. The van der Waals surface area contributed by atoms with Gasteiger partial charge in [0.1, 0.15) is 21.8 Å². The van der Waals surface area contributed by atoms with E-state index in [9.17, 15) is 53.7 Å². The van der Waals surface area contributed by atoms with Gasteiger partial charge >= 0.3 is 18.0 Å². The summed E-state index contributed by atoms with van der Waals surface area (Å²) in [5.41, 5.74) is 1.60. The molecule has 18 nitrogen and oxygen atoms in total. The number of hydrogen-bond donors (Lipinski definition) is 5. The van der Waals surface area contributed by atoms with Crippen molar-refractivity contribution in [2.75, 3.05) is 39.0 Å². The van der Waals surface area contributed by atoms with Crippen LogP contribution in [0, 0.1) is 51.8 Å². The number of aliphatic hydroxyl groups is 1. The second kappa shape index (κ2) is 26.4. The first kappa shape index (κ1) is 63.5. The van der Waals surface area contributed by atoms with Crippen LogP contribution in [-0.4, -0.2) is 140 Å². The Bertz CT molecular complexity index is 2950. The van der Waals surface area contributed by atoms with E-state index in [1.807, 2.05) is 0 Å². The standard InChI is InChI=1S/C63H88N6O12S2/c1-35(43-19-20-44-42-18-16-39-31-40(70)23-25-62(39,7)45(42)24-26-63(43,44)8)15-22-51(72)65-47(58(76)77)13-10-11-27-64-50(71)14-12-28-69(30-29-68(9)52(73)33-61(5,6)53-38(4)54(74)36(2)37(3)55(53)75)60(80)81-41-17-21-46-49(32-41)83-57(66-46)56-67-48(34-82-56)59(78)79/h17,21,32,35,39-40,42-45,47-48,70H,10-16,18-20,22-31,33-34H2,1-9H3,(H,64,71)(H,65,72)(H,76,77)(H,78,79)/t35-,39-,40-,42+,43-,44+,45+,47?,48?,62+,63-/m1/s1. The maximum Gasteiger partial charge on any atom is 0.415 e. The first-order valence-electron chi connectivity index (χ1n) is 30.2. The Morgan fingerprint density at radius 3 is 2.29 bits per heavy atom. The average Bonchev–Trinajstić information content (AvgIpc) is 2.06. The molecule has 0 saturated heterocycles. The number of ketones is 2. The number of aliphatic carboxylic acids is 2. The van der Waals surface area contributed by atoms with Crippen LogP contribution < -0.4 is 15.4 Å². The topological polar surface area (TPSA) is 262 Å². The van der Waals surface area contributed by atoms with E-state index in [0.29, 0.717) is 96.7 Å². The molecule has 2 unspecified atom stereocenters. The normalized spacial score (nSPS) is 27.7. The number of nitrogens with one attached hydrogen (secondary N) is 2. The number of rotatable bonds is 24. The van der Waals surface area contributed by atoms with Gasteiger partial charge in [-0.25, -0.2) is 19.4 Å². The monoisotopic (exact) mass is 1180 g/mol. The first-order chi connectivity index (χ1) is 39.2. The number of aliphatic imine (C=N–C) groups is 1. The van der Waals surface area contributed by atoms with E-state index in [0.717, 1.165) is 31.1 Å². The number of carbonyl (C=O) groups is 8. The van der Waals surface area contributed by atoms with E-state index < -0.39 is 35.5 Å². The summed E-state index contributed by atoms with van der Waals surface area (Å²) in [6.07, 6.45) is 11.9. The van der Waals surface area contributed by atoms with Gasteiger partial charge in [-0.3, -0.25) is 29.0 Å². The largest absolute Gasteiger partial charge is 0.480 e. The highest BCUT2D eigenvalue weighted by molar-refractivity contribution is 8.15. The molecule has 1 aromatic carbocycles. The average molecular weight is 1190 g/mol. The molecule has 83 heavy (non-hydrogen) atoms. The summed E-state index contributed by atoms with van der Waals surface area (Å²) in [6, 6.07) is 3.07. The fraction of sp³-hybridized carbons (Fsp3) is 0.683. The van der Waals surface area contributed by atoms with E-state index in [4.69, 9.17) is 4.74 Å². The van der Waals surface area contributed by atoms with Gasteiger partial charge in [0.15, 0.2) is 17.6 Å². The number of carbonyl (C=O) groups excluding carboxylic acids is 6. The van der Waals surface area contributed by atoms with Gasteiger partial charge in [0, 0.05) is 92.0 Å². The minimum atomic E-state index is -1.09. The third-order valence-electron chi connectivity index (χ3n) is 20.5. The van der Waals surface area contributed by atoms with E-state index in [2.05, 4.69) is 41.4 Å². The Balaban J connectivity index is 0.794. The van der Waals surface area contributed by atoms with Crippen LogP contribution in [0.25, 0.3) is 10.2 Å². The number of nitrogens with zero attached hydrogens (tertiary/aromatic N) is 4. The zero-order chi connectivity index (χ0) is 60.3. The highest BCUT2D eigenvalue weighted by Gasteiger charge is 2.60. The first-order valence-corrected chi connectivity index (χ1v) is 32.0. The highest BCUT2D eigenvalue weighted by Crippen LogP contribution is 2.68. The number of unbranched alkanes of at least 4 members (excludes halogenated alkanes) is 1. The lowest BCUT2D eigenvalue weighted by atomic mass is 9.44. The molecule has 2 heterocycles. The number of aliphatic hydroxyl groups excluding tert-OH is 1. The third-order valence-corrected chi connectivity index (χ3v) is 22.7. The molecule has 0 radical (unpaired) electrons. The maximum absolute atomic E-state index is 14.0. The number of thiazole rings is 1. The van der Waals surface area contributed by atoms with Gasteiger partial charge < -0.3 is 40.5 Å². The molecule has 0 spiro atoms. The van der Waals surface area contributed by atoms with Crippen LogP contribution in [0.3, 0.4) is 0 Å². The number of carboxylic acids is 2. The van der Waals surface area contributed by atoms with Crippen LogP contribution in [0.4, 0.5) is 4.79 Å². The molecule has 5 N–H and O–H groups in total. The van der Waals surface area contributed by atoms with Crippen molar-refractivity contribution in [1.29, 1.82) is 0 Å². The predicted molar refractivity (Wildman–Crippen MR) is 320 cm³/mol. The van der Waals surface area contributed by atoms with Gasteiger partial charge in [-0.1, -0.05) is 34.6 Å². The SMILES string of the molecule is CC1=C(C)C(=O)C(C(C)(C)CC(=O)N(C)CCN(CCCC(=O)NCCCCC(NC(=O)CC[C@@H](C)[C@H]2CC[C@H]3[C@@H]4CC[C@@H]5C[C@H](O)CC[C@]5(C)[C@H]4CC[C@]23C)C(=O)O)C(=O)Oc2ccc3nc(C4=NC(C(=O)O)CS4)sc3c2)=C(C)C1=O. The Hall–Kier alpha value is -5.47. The molecule has 1 aromatic heterocycles. The molecule has 454 valence electrons. The Kier molecular flexibility index (Phi) is 20.2. The van der Waals surface area contributed by atoms with Crippen LogP contribution in [0.5, 0.6) is 5.75 Å². The fourth-order valence-electron chi connectivity index (χ4n) is 15.6. The van der Waals surface area contributed by atoms with Crippen LogP contribution >= 0.6 is 23.1 Å². The Labute approximate surface area is 496 Å². The Morgan fingerprint density at radius 1 is 0.843 bits per heavy atom. The molecule has 5 aliphatic carbocycles. The summed E-state index contributed by atoms with van der Waals surface area (Å²) < 4.78 is 6.57. The minimum absolute atomic E-state index is 0.0351. The molecule has 0 bridgehead atoms. The molecule has 4 saturated carbocycles.